The van der Waals surface area contributed by atoms with Crippen molar-refractivity contribution < 1.29 is 15.0 Å². The van der Waals surface area contributed by atoms with Crippen LogP contribution in [0.2, 0.25) is 0 Å². The van der Waals surface area contributed by atoms with Crippen LogP contribution in [0, 0.1) is 6.92 Å². The van der Waals surface area contributed by atoms with Crippen molar-refractivity contribution in [3.8, 4) is 5.75 Å². The third-order valence-corrected chi connectivity index (χ3v) is 3.55. The van der Waals surface area contributed by atoms with Gasteiger partial charge in [0.15, 0.2) is 0 Å². The molecule has 1 aromatic heterocycles. The number of carboxylic acid groups (broad SMARTS) is 1. The number of phenols is 1. The fourth-order valence-electron chi connectivity index (χ4n) is 2.32. The lowest BCUT2D eigenvalue weighted by Gasteiger charge is -2.25. The summed E-state index contributed by atoms with van der Waals surface area (Å²) in [5.74, 6) is -0.792. The summed E-state index contributed by atoms with van der Waals surface area (Å²) in [6, 6.07) is 5.17. The molecule has 2 N–H and O–H groups in total. The first-order chi connectivity index (χ1) is 9.93. The van der Waals surface area contributed by atoms with E-state index >= 15 is 0 Å². The Bertz CT molecular complexity index is 664. The highest BCUT2D eigenvalue weighted by molar-refractivity contribution is 5.88. The highest BCUT2D eigenvalue weighted by atomic mass is 16.4. The van der Waals surface area contributed by atoms with E-state index in [9.17, 15) is 15.0 Å². The number of aryl methyl sites for hydroxylation is 2. The van der Waals surface area contributed by atoms with Gasteiger partial charge in [-0.3, -0.25) is 4.68 Å². The van der Waals surface area contributed by atoms with Gasteiger partial charge in [-0.25, -0.2) is 4.79 Å². The molecule has 1 aromatic carbocycles. The van der Waals surface area contributed by atoms with E-state index in [1.54, 1.807) is 23.9 Å². The first kappa shape index (κ1) is 14.9. The van der Waals surface area contributed by atoms with Gasteiger partial charge >= 0.3 is 5.97 Å². The molecule has 0 unspecified atom stereocenters. The zero-order chi connectivity index (χ0) is 15.6. The summed E-state index contributed by atoms with van der Waals surface area (Å²) in [6.45, 7) is 5.05. The molecule has 0 aliphatic heterocycles. The molecule has 0 amide bonds. The standard InChI is InChI=1S/C15H19N3O3/c1-4-18(13-7-11(19)6-5-10(13)2)9-14-12(15(20)21)8-16-17(14)3/h5-8,19H,4,9H2,1-3H3,(H,20,21). The topological polar surface area (TPSA) is 78.6 Å². The average molecular weight is 289 g/mol. The highest BCUT2D eigenvalue weighted by Crippen LogP contribution is 2.26. The van der Waals surface area contributed by atoms with Gasteiger partial charge in [0.05, 0.1) is 18.4 Å². The minimum Gasteiger partial charge on any atom is -0.508 e. The van der Waals surface area contributed by atoms with Crippen LogP contribution in [0.4, 0.5) is 5.69 Å². The molecule has 0 aliphatic rings. The molecule has 0 saturated heterocycles. The third-order valence-electron chi connectivity index (χ3n) is 3.55. The van der Waals surface area contributed by atoms with Crippen molar-refractivity contribution in [3.63, 3.8) is 0 Å². The van der Waals surface area contributed by atoms with E-state index in [0.29, 0.717) is 18.8 Å². The number of hydrogen-bond donors (Lipinski definition) is 2. The molecule has 0 fully saturated rings. The van der Waals surface area contributed by atoms with Gasteiger partial charge in [0.25, 0.3) is 0 Å². The van der Waals surface area contributed by atoms with Crippen LogP contribution >= 0.6 is 0 Å². The number of nitrogens with zero attached hydrogens (tertiary/aromatic N) is 3. The molecule has 0 saturated carbocycles. The van der Waals surface area contributed by atoms with Crippen LogP contribution in [0.3, 0.4) is 0 Å². The van der Waals surface area contributed by atoms with E-state index in [4.69, 9.17) is 0 Å². The zero-order valence-electron chi connectivity index (χ0n) is 12.4. The number of rotatable bonds is 5. The molecule has 2 aromatic rings. The Morgan fingerprint density at radius 3 is 2.76 bits per heavy atom. The van der Waals surface area contributed by atoms with Crippen molar-refractivity contribution in [3.05, 3.63) is 41.2 Å². The molecular formula is C15H19N3O3. The molecule has 6 nitrogen and oxygen atoms in total. The van der Waals surface area contributed by atoms with Gasteiger partial charge < -0.3 is 15.1 Å². The van der Waals surface area contributed by atoms with Crippen molar-refractivity contribution in [2.45, 2.75) is 20.4 Å². The summed E-state index contributed by atoms with van der Waals surface area (Å²) in [4.78, 5) is 13.3. The molecule has 1 heterocycles. The summed E-state index contributed by atoms with van der Waals surface area (Å²) in [5.41, 5.74) is 2.74. The summed E-state index contributed by atoms with van der Waals surface area (Å²) in [6.07, 6.45) is 1.36. The van der Waals surface area contributed by atoms with Gasteiger partial charge in [-0.05, 0) is 25.5 Å². The maximum absolute atomic E-state index is 11.3. The van der Waals surface area contributed by atoms with Gasteiger partial charge in [0.2, 0.25) is 0 Å². The summed E-state index contributed by atoms with van der Waals surface area (Å²) < 4.78 is 1.57. The first-order valence-electron chi connectivity index (χ1n) is 6.72. The maximum atomic E-state index is 11.3. The number of phenolic OH excluding ortho intramolecular Hbond substituents is 1. The second kappa shape index (κ2) is 5.87. The number of hydrogen-bond acceptors (Lipinski definition) is 4. The number of benzene rings is 1. The Hall–Kier alpha value is -2.50. The zero-order valence-corrected chi connectivity index (χ0v) is 12.4. The molecule has 112 valence electrons. The van der Waals surface area contributed by atoms with E-state index in [0.717, 1.165) is 11.3 Å². The Kier molecular flexibility index (Phi) is 4.16. The van der Waals surface area contributed by atoms with Crippen LogP contribution in [0.5, 0.6) is 5.75 Å². The smallest absolute Gasteiger partial charge is 0.339 e. The molecule has 0 atom stereocenters. The van der Waals surface area contributed by atoms with Crippen LogP contribution in [0.25, 0.3) is 0 Å². The van der Waals surface area contributed by atoms with E-state index < -0.39 is 5.97 Å². The van der Waals surface area contributed by atoms with Crippen molar-refractivity contribution in [2.75, 3.05) is 11.4 Å². The quantitative estimate of drug-likeness (QED) is 0.882. The molecule has 2 rings (SSSR count). The molecule has 0 spiro atoms. The number of aromatic hydroxyl groups is 1. The van der Waals surface area contributed by atoms with Gasteiger partial charge in [-0.15, -0.1) is 0 Å². The fraction of sp³-hybridized carbons (Fsp3) is 0.333. The second-order valence-corrected chi connectivity index (χ2v) is 4.92. The number of aromatic carboxylic acids is 1. The largest absolute Gasteiger partial charge is 0.508 e. The molecule has 0 aliphatic carbocycles. The van der Waals surface area contributed by atoms with Gasteiger partial charge in [0, 0.05) is 25.3 Å². The predicted octanol–water partition coefficient (Wildman–Crippen LogP) is 2.16. The number of carbonyl (C=O) groups is 1. The molecule has 0 bridgehead atoms. The van der Waals surface area contributed by atoms with Crippen molar-refractivity contribution in [1.82, 2.24) is 9.78 Å². The highest BCUT2D eigenvalue weighted by Gasteiger charge is 2.18. The third kappa shape index (κ3) is 2.99. The van der Waals surface area contributed by atoms with E-state index in [2.05, 4.69) is 5.10 Å². The van der Waals surface area contributed by atoms with Crippen molar-refractivity contribution in [1.29, 1.82) is 0 Å². The molecule has 0 radical (unpaired) electrons. The molecule has 21 heavy (non-hydrogen) atoms. The number of carboxylic acids is 1. The Morgan fingerprint density at radius 1 is 1.43 bits per heavy atom. The second-order valence-electron chi connectivity index (χ2n) is 4.92. The minimum atomic E-state index is -0.984. The lowest BCUT2D eigenvalue weighted by atomic mass is 10.1. The SMILES string of the molecule is CCN(Cc1c(C(=O)O)cnn1C)c1cc(O)ccc1C. The monoisotopic (exact) mass is 289 g/mol. The average Bonchev–Trinajstić information content (AvgIpc) is 2.80. The van der Waals surface area contributed by atoms with Crippen molar-refractivity contribution >= 4 is 11.7 Å². The first-order valence-corrected chi connectivity index (χ1v) is 6.72. The van der Waals surface area contributed by atoms with Crippen molar-refractivity contribution in [2.24, 2.45) is 7.05 Å². The predicted molar refractivity (Wildman–Crippen MR) is 79.7 cm³/mol. The number of aromatic nitrogens is 2. The van der Waals surface area contributed by atoms with Crippen LogP contribution in [0.1, 0.15) is 28.5 Å². The van der Waals surface area contributed by atoms with Gasteiger partial charge in [-0.2, -0.15) is 5.10 Å². The Balaban J connectivity index is 2.38. The molecule has 6 heteroatoms. The van der Waals surface area contributed by atoms with E-state index in [1.165, 1.54) is 6.20 Å². The normalized spacial score (nSPS) is 10.6. The van der Waals surface area contributed by atoms with E-state index in [-0.39, 0.29) is 11.3 Å². The van der Waals surface area contributed by atoms with Crippen LogP contribution in [0.15, 0.2) is 24.4 Å². The number of anilines is 1. The lowest BCUT2D eigenvalue weighted by molar-refractivity contribution is 0.0695. The van der Waals surface area contributed by atoms with Gasteiger partial charge in [-0.1, -0.05) is 6.07 Å². The lowest BCUT2D eigenvalue weighted by Crippen LogP contribution is -2.25. The summed E-state index contributed by atoms with van der Waals surface area (Å²) in [5, 5.41) is 22.9. The summed E-state index contributed by atoms with van der Waals surface area (Å²) >= 11 is 0. The Morgan fingerprint density at radius 2 is 2.14 bits per heavy atom. The summed E-state index contributed by atoms with van der Waals surface area (Å²) in [7, 11) is 1.73. The van der Waals surface area contributed by atoms with E-state index in [1.807, 2.05) is 24.8 Å². The molecular weight excluding hydrogens is 270 g/mol. The fourth-order valence-corrected chi connectivity index (χ4v) is 2.32. The minimum absolute atomic E-state index is 0.192. The van der Waals surface area contributed by atoms with Crippen LogP contribution in [-0.4, -0.2) is 32.5 Å². The Labute approximate surface area is 123 Å². The maximum Gasteiger partial charge on any atom is 0.339 e. The van der Waals surface area contributed by atoms with Crippen LogP contribution in [-0.2, 0) is 13.6 Å². The van der Waals surface area contributed by atoms with Crippen LogP contribution < -0.4 is 4.90 Å². The van der Waals surface area contributed by atoms with Gasteiger partial charge in [0.1, 0.15) is 11.3 Å².